The van der Waals surface area contributed by atoms with E-state index in [2.05, 4.69) is 50.5 Å². The molecule has 0 bridgehead atoms. The van der Waals surface area contributed by atoms with Crippen molar-refractivity contribution >= 4 is 19.6 Å². The molecule has 12 atom stereocenters. The van der Waals surface area contributed by atoms with E-state index >= 15 is 0 Å². The predicted octanol–water partition coefficient (Wildman–Crippen LogP) is 13.0. The van der Waals surface area contributed by atoms with Crippen LogP contribution in [0.5, 0.6) is 0 Å². The Bertz CT molecular complexity index is 1660. The molecule has 0 radical (unpaired) electrons. The van der Waals surface area contributed by atoms with E-state index in [1.165, 1.54) is 89.9 Å². The van der Waals surface area contributed by atoms with Crippen LogP contribution >= 0.6 is 7.82 Å². The molecular formula is C66H127N2O16P. The molecule has 2 aliphatic heterocycles. The zero-order valence-corrected chi connectivity index (χ0v) is 55.0. The molecule has 85 heavy (non-hydrogen) atoms. The van der Waals surface area contributed by atoms with E-state index in [4.69, 9.17) is 32.9 Å². The molecule has 2 fully saturated rings. The minimum atomic E-state index is -5.32. The molecule has 0 aromatic heterocycles. The highest BCUT2D eigenvalue weighted by molar-refractivity contribution is 7.46. The van der Waals surface area contributed by atoms with Gasteiger partial charge in [0.25, 0.3) is 0 Å². The number of ether oxygens (including phenoxy) is 6. The van der Waals surface area contributed by atoms with Crippen LogP contribution in [-0.4, -0.2) is 149 Å². The molecule has 2 saturated heterocycles. The number of carbonyl (C=O) groups excluding carboxylic acids is 2. The van der Waals surface area contributed by atoms with Crippen molar-refractivity contribution in [3.8, 4) is 0 Å². The quantitative estimate of drug-likeness (QED) is 0.0160. The minimum Gasteiger partial charge on any atom is -0.396 e. The normalized spacial score (nSPS) is 23.6. The van der Waals surface area contributed by atoms with Crippen LogP contribution in [0.3, 0.4) is 0 Å². The van der Waals surface area contributed by atoms with Gasteiger partial charge in [0.2, 0.25) is 11.8 Å². The molecule has 2 heterocycles. The average Bonchev–Trinajstić information content (AvgIpc) is 2.88. The Hall–Kier alpha value is -1.61. The third-order valence-electron chi connectivity index (χ3n) is 16.8. The van der Waals surface area contributed by atoms with E-state index in [1.807, 2.05) is 0 Å². The van der Waals surface area contributed by atoms with Crippen LogP contribution in [0.15, 0.2) is 12.2 Å². The maximum absolute atomic E-state index is 13.9. The number of nitrogens with one attached hydrogen (secondary N) is 2. The Morgan fingerprint density at radius 2 is 0.965 bits per heavy atom. The SMILES string of the molecule is CCCCCC/C=C\CCCCCCCCCC(=O)N[C@H]1[C@H](OC[C@H]2O[C@H](OP(=O)(O)O)[C@H](NC(=O)CC(O)CCCCCCCCCCC)[C@@H](OCCCCCCCCCC)[C@@H]2O)O[C@H](CCO)[C@@H](O)[C@@H]1OCCC(CCCCCCC)OC. The van der Waals surface area contributed by atoms with Gasteiger partial charge in [-0.15, -0.1) is 0 Å². The van der Waals surface area contributed by atoms with Gasteiger partial charge >= 0.3 is 7.82 Å². The van der Waals surface area contributed by atoms with Gasteiger partial charge < -0.3 is 69.3 Å². The van der Waals surface area contributed by atoms with Gasteiger partial charge in [0.1, 0.15) is 42.6 Å². The second-order valence-electron chi connectivity index (χ2n) is 24.5. The smallest absolute Gasteiger partial charge is 0.396 e. The number of phosphoric acid groups is 1. The second-order valence-corrected chi connectivity index (χ2v) is 25.7. The fraction of sp³-hybridized carbons (Fsp3) is 0.939. The molecule has 0 aromatic carbocycles. The van der Waals surface area contributed by atoms with Crippen LogP contribution < -0.4 is 10.6 Å². The Labute approximate surface area is 515 Å². The van der Waals surface area contributed by atoms with Gasteiger partial charge in [-0.05, 0) is 64.2 Å². The van der Waals surface area contributed by atoms with E-state index in [0.717, 1.165) is 128 Å². The lowest BCUT2D eigenvalue weighted by Gasteiger charge is -2.47. The zero-order valence-electron chi connectivity index (χ0n) is 54.1. The fourth-order valence-electron chi connectivity index (χ4n) is 11.6. The first-order valence-corrected chi connectivity index (χ1v) is 36.1. The summed E-state index contributed by atoms with van der Waals surface area (Å²) in [5, 5.41) is 51.0. The Balaban J connectivity index is 2.33. The second kappa shape index (κ2) is 52.1. The van der Waals surface area contributed by atoms with Gasteiger partial charge in [0, 0.05) is 33.4 Å². The highest BCUT2D eigenvalue weighted by atomic mass is 31.2. The monoisotopic (exact) mass is 1230 g/mol. The summed E-state index contributed by atoms with van der Waals surface area (Å²) in [7, 11) is -3.65. The highest BCUT2D eigenvalue weighted by Gasteiger charge is 2.51. The largest absolute Gasteiger partial charge is 0.472 e. The fourth-order valence-corrected chi connectivity index (χ4v) is 12.1. The lowest BCUT2D eigenvalue weighted by atomic mass is 9.94. The van der Waals surface area contributed by atoms with Crippen molar-refractivity contribution in [1.29, 1.82) is 0 Å². The van der Waals surface area contributed by atoms with Crippen LogP contribution in [0, 0.1) is 0 Å². The number of rotatable bonds is 57. The van der Waals surface area contributed by atoms with Gasteiger partial charge in [-0.25, -0.2) is 4.57 Å². The Morgan fingerprint density at radius 3 is 1.49 bits per heavy atom. The summed E-state index contributed by atoms with van der Waals surface area (Å²) in [6.45, 7) is 8.25. The number of unbranched alkanes of at least 4 members (excludes halogenated alkanes) is 30. The first-order valence-electron chi connectivity index (χ1n) is 34.5. The molecule has 2 rings (SSSR count). The number of hydrogen-bond acceptors (Lipinski definition) is 14. The molecule has 18 nitrogen and oxygen atoms in total. The third kappa shape index (κ3) is 38.6. The van der Waals surface area contributed by atoms with Gasteiger partial charge in [-0.2, -0.15) is 0 Å². The number of allylic oxidation sites excluding steroid dienone is 2. The molecule has 2 aliphatic rings. The van der Waals surface area contributed by atoms with Crippen LogP contribution in [0.4, 0.5) is 0 Å². The average molecular weight is 1240 g/mol. The van der Waals surface area contributed by atoms with Crippen LogP contribution in [0.25, 0.3) is 0 Å². The first-order chi connectivity index (χ1) is 41.2. The van der Waals surface area contributed by atoms with Gasteiger partial charge in [0.05, 0.1) is 31.3 Å². The predicted molar refractivity (Wildman–Crippen MR) is 337 cm³/mol. The van der Waals surface area contributed by atoms with Crippen molar-refractivity contribution < 1.29 is 77.3 Å². The molecule has 2 unspecified atom stereocenters. The molecule has 0 saturated carbocycles. The molecule has 19 heteroatoms. The number of hydrogen-bond donors (Lipinski definition) is 8. The lowest BCUT2D eigenvalue weighted by Crippen LogP contribution is -2.67. The van der Waals surface area contributed by atoms with Crippen LogP contribution in [0.2, 0.25) is 0 Å². The summed E-state index contributed by atoms with van der Waals surface area (Å²) in [6, 6.07) is -2.52. The van der Waals surface area contributed by atoms with E-state index in [-0.39, 0.29) is 51.1 Å². The maximum atomic E-state index is 13.9. The number of carbonyl (C=O) groups is 2. The Kier molecular flexibility index (Phi) is 48.7. The number of methoxy groups -OCH3 is 1. The number of amides is 2. The lowest BCUT2D eigenvalue weighted by molar-refractivity contribution is -0.300. The highest BCUT2D eigenvalue weighted by Crippen LogP contribution is 2.41. The minimum absolute atomic E-state index is 0.000506. The van der Waals surface area contributed by atoms with Crippen molar-refractivity contribution in [3.05, 3.63) is 12.2 Å². The summed E-state index contributed by atoms with van der Waals surface area (Å²) in [4.78, 5) is 48.1. The van der Waals surface area contributed by atoms with E-state index < -0.39 is 87.7 Å². The molecule has 0 aromatic rings. The van der Waals surface area contributed by atoms with E-state index in [0.29, 0.717) is 25.7 Å². The van der Waals surface area contributed by atoms with Crippen molar-refractivity contribution in [3.63, 3.8) is 0 Å². The van der Waals surface area contributed by atoms with Gasteiger partial charge in [-0.3, -0.25) is 14.1 Å². The molecule has 502 valence electrons. The van der Waals surface area contributed by atoms with Crippen molar-refractivity contribution in [2.45, 2.75) is 364 Å². The standard InChI is InChI=1S/C66H127N2O16P/c1-6-10-14-18-21-24-25-26-27-28-29-31-33-37-41-45-57(71)67-59-63(80-50-47-54(78-5)44-40-35-17-13-9-4)61(73)55(46-48-69)82-65(59)81-52-56-62(74)64(79-49-42-38-34-23-20-16-12-8-3)60(66(83-56)84-85(75,76)77)68-58(72)51-53(70)43-39-36-32-30-22-19-15-11-7-2/h24-25,53-56,59-66,69-70,73-74H,6-23,26-52H2,1-5H3,(H,67,71)(H,68,72)(H2,75,76,77)/b25-24-/t53?,54?,55-,56-,59-,60-,61-,62-,63-,64-,65-,66-/m1/s1. The molecule has 2 amide bonds. The summed E-state index contributed by atoms with van der Waals surface area (Å²) in [5.74, 6) is -0.944. The van der Waals surface area contributed by atoms with Crippen LogP contribution in [-0.2, 0) is 47.1 Å². The van der Waals surface area contributed by atoms with E-state index in [9.17, 15) is 44.4 Å². The van der Waals surface area contributed by atoms with E-state index in [1.54, 1.807) is 7.11 Å². The van der Waals surface area contributed by atoms with Crippen molar-refractivity contribution in [1.82, 2.24) is 10.6 Å². The molecular weight excluding hydrogens is 1110 g/mol. The third-order valence-corrected chi connectivity index (χ3v) is 17.3. The van der Waals surface area contributed by atoms with Gasteiger partial charge in [-0.1, -0.05) is 226 Å². The topological polar surface area (TPSA) is 261 Å². The summed E-state index contributed by atoms with van der Waals surface area (Å²) in [6.07, 6.45) is 32.4. The summed E-state index contributed by atoms with van der Waals surface area (Å²) < 4.78 is 55.5. The number of aliphatic hydroxyl groups excluding tert-OH is 4. The number of aliphatic hydroxyl groups is 4. The molecule has 0 spiro atoms. The molecule has 8 N–H and O–H groups in total. The number of phosphoric ester groups is 1. The van der Waals surface area contributed by atoms with Crippen molar-refractivity contribution in [2.24, 2.45) is 0 Å². The van der Waals surface area contributed by atoms with Crippen molar-refractivity contribution in [2.75, 3.05) is 33.5 Å². The van der Waals surface area contributed by atoms with Crippen LogP contribution in [0.1, 0.15) is 291 Å². The molecule has 0 aliphatic carbocycles. The summed E-state index contributed by atoms with van der Waals surface area (Å²) >= 11 is 0. The van der Waals surface area contributed by atoms with Gasteiger partial charge in [0.15, 0.2) is 12.6 Å². The zero-order chi connectivity index (χ0) is 62.2. The summed E-state index contributed by atoms with van der Waals surface area (Å²) in [5.41, 5.74) is 0. The maximum Gasteiger partial charge on any atom is 0.472 e. The Morgan fingerprint density at radius 1 is 0.529 bits per heavy atom. The first kappa shape index (κ1) is 79.5.